The highest BCUT2D eigenvalue weighted by Gasteiger charge is 2.32. The summed E-state index contributed by atoms with van der Waals surface area (Å²) in [4.78, 5) is 16.1. The first-order valence-corrected chi connectivity index (χ1v) is 10.5. The van der Waals surface area contributed by atoms with Crippen molar-refractivity contribution in [1.29, 1.82) is 0 Å². The number of benzene rings is 1. The van der Waals surface area contributed by atoms with Gasteiger partial charge in [-0.05, 0) is 41.5 Å². The molecule has 2 aliphatic heterocycles. The number of nitrogens with one attached hydrogen (secondary N) is 1. The monoisotopic (exact) mass is 362 g/mol. The van der Waals surface area contributed by atoms with Gasteiger partial charge in [0.05, 0.1) is 16.7 Å². The van der Waals surface area contributed by atoms with Crippen LogP contribution in [0.5, 0.6) is 0 Å². The minimum atomic E-state index is -3.23. The summed E-state index contributed by atoms with van der Waals surface area (Å²) in [6.45, 7) is 1.32. The Kier molecular flexibility index (Phi) is 3.85. The van der Waals surface area contributed by atoms with Crippen molar-refractivity contribution in [1.82, 2.24) is 10.2 Å². The summed E-state index contributed by atoms with van der Waals surface area (Å²) in [5, 5.41) is 5.10. The molecule has 1 N–H and O–H groups in total. The summed E-state index contributed by atoms with van der Waals surface area (Å²) in [7, 11) is -3.23. The lowest BCUT2D eigenvalue weighted by atomic mass is 10.0. The number of rotatable bonds is 1. The Bertz CT molecular complexity index is 889. The second-order valence-corrected chi connectivity index (χ2v) is 9.27. The standard InChI is InChI=1S/C17H18N2O3S2/c20-17(19-8-5-15-12(11-19)6-9-23-15)18-14-7-10-24(21,22)16-4-2-1-3-13(14)16/h1-4,6,9,14H,5,7-8,10-11H2,(H,18,20)/t14-/m1/s1. The number of carbonyl (C=O) groups excluding carboxylic acids is 1. The van der Waals surface area contributed by atoms with Crippen LogP contribution in [0.4, 0.5) is 4.79 Å². The number of nitrogens with zero attached hydrogens (tertiary/aromatic N) is 1. The first-order valence-electron chi connectivity index (χ1n) is 7.97. The molecular formula is C17H18N2O3S2. The summed E-state index contributed by atoms with van der Waals surface area (Å²) in [5.41, 5.74) is 1.92. The third-order valence-corrected chi connectivity index (χ3v) is 7.54. The fraction of sp³-hybridized carbons (Fsp3) is 0.353. The highest BCUT2D eigenvalue weighted by molar-refractivity contribution is 7.91. The van der Waals surface area contributed by atoms with Gasteiger partial charge in [0, 0.05) is 18.0 Å². The molecule has 0 spiro atoms. The molecule has 126 valence electrons. The van der Waals surface area contributed by atoms with Gasteiger partial charge in [-0.3, -0.25) is 0 Å². The lowest BCUT2D eigenvalue weighted by Gasteiger charge is -2.31. The predicted octanol–water partition coefficient (Wildman–Crippen LogP) is 2.73. The van der Waals surface area contributed by atoms with Gasteiger partial charge >= 0.3 is 6.03 Å². The number of thiophene rings is 1. The lowest BCUT2D eigenvalue weighted by molar-refractivity contribution is 0.188. The van der Waals surface area contributed by atoms with E-state index in [4.69, 9.17) is 0 Å². The highest BCUT2D eigenvalue weighted by Crippen LogP contribution is 2.32. The summed E-state index contributed by atoms with van der Waals surface area (Å²) in [5.74, 6) is 0.0731. The van der Waals surface area contributed by atoms with Gasteiger partial charge in [-0.15, -0.1) is 11.3 Å². The van der Waals surface area contributed by atoms with Crippen molar-refractivity contribution < 1.29 is 13.2 Å². The van der Waals surface area contributed by atoms with Crippen LogP contribution in [0.2, 0.25) is 0 Å². The van der Waals surface area contributed by atoms with E-state index in [1.165, 1.54) is 10.4 Å². The average molecular weight is 362 g/mol. The van der Waals surface area contributed by atoms with Gasteiger partial charge in [0.2, 0.25) is 0 Å². The van der Waals surface area contributed by atoms with Crippen molar-refractivity contribution in [3.05, 3.63) is 51.7 Å². The molecule has 1 aromatic carbocycles. The Morgan fingerprint density at radius 2 is 2.08 bits per heavy atom. The van der Waals surface area contributed by atoms with E-state index in [9.17, 15) is 13.2 Å². The van der Waals surface area contributed by atoms with Crippen LogP contribution in [0, 0.1) is 0 Å². The molecule has 0 aliphatic carbocycles. The first kappa shape index (κ1) is 15.7. The quantitative estimate of drug-likeness (QED) is 0.848. The van der Waals surface area contributed by atoms with E-state index in [0.29, 0.717) is 30.0 Å². The molecule has 0 radical (unpaired) electrons. The second kappa shape index (κ2) is 5.89. The van der Waals surface area contributed by atoms with Crippen LogP contribution in [0.3, 0.4) is 0 Å². The molecular weight excluding hydrogens is 344 g/mol. The SMILES string of the molecule is O=C(N[C@@H]1CCS(=O)(=O)c2ccccc21)N1CCc2sccc2C1. The molecule has 1 aromatic heterocycles. The fourth-order valence-electron chi connectivity index (χ4n) is 3.40. The zero-order chi connectivity index (χ0) is 16.7. The molecule has 24 heavy (non-hydrogen) atoms. The number of hydrogen-bond donors (Lipinski definition) is 1. The van der Waals surface area contributed by atoms with Gasteiger partial charge < -0.3 is 10.2 Å². The predicted molar refractivity (Wildman–Crippen MR) is 92.8 cm³/mol. The molecule has 2 aliphatic rings. The topological polar surface area (TPSA) is 66.5 Å². The van der Waals surface area contributed by atoms with Crippen molar-refractivity contribution in [3.63, 3.8) is 0 Å². The molecule has 1 atom stereocenters. The zero-order valence-corrected chi connectivity index (χ0v) is 14.7. The van der Waals surface area contributed by atoms with E-state index in [2.05, 4.69) is 16.8 Å². The van der Waals surface area contributed by atoms with Crippen molar-refractivity contribution in [2.24, 2.45) is 0 Å². The van der Waals surface area contributed by atoms with Gasteiger partial charge in [-0.25, -0.2) is 13.2 Å². The Morgan fingerprint density at radius 3 is 2.96 bits per heavy atom. The van der Waals surface area contributed by atoms with Crippen LogP contribution in [-0.2, 0) is 22.8 Å². The summed E-state index contributed by atoms with van der Waals surface area (Å²) in [6.07, 6.45) is 1.30. The molecule has 0 saturated carbocycles. The van der Waals surface area contributed by atoms with E-state index >= 15 is 0 Å². The Labute approximate surface area is 145 Å². The van der Waals surface area contributed by atoms with Crippen LogP contribution >= 0.6 is 11.3 Å². The minimum Gasteiger partial charge on any atom is -0.331 e. The third kappa shape index (κ3) is 2.71. The molecule has 3 heterocycles. The average Bonchev–Trinajstić information content (AvgIpc) is 3.05. The van der Waals surface area contributed by atoms with Crippen molar-refractivity contribution >= 4 is 27.2 Å². The number of hydrogen-bond acceptors (Lipinski definition) is 4. The van der Waals surface area contributed by atoms with Crippen LogP contribution in [0.15, 0.2) is 40.6 Å². The maximum absolute atomic E-state index is 12.6. The molecule has 2 amide bonds. The third-order valence-electron chi connectivity index (χ3n) is 4.70. The van der Waals surface area contributed by atoms with Crippen LogP contribution < -0.4 is 5.32 Å². The number of carbonyl (C=O) groups is 1. The molecule has 0 saturated heterocycles. The van der Waals surface area contributed by atoms with Crippen LogP contribution in [0.25, 0.3) is 0 Å². The fourth-order valence-corrected chi connectivity index (χ4v) is 5.91. The number of sulfone groups is 1. The Hall–Kier alpha value is -1.86. The van der Waals surface area contributed by atoms with Gasteiger partial charge in [0.15, 0.2) is 9.84 Å². The van der Waals surface area contributed by atoms with Crippen LogP contribution in [0.1, 0.15) is 28.5 Å². The highest BCUT2D eigenvalue weighted by atomic mass is 32.2. The number of urea groups is 1. The van der Waals surface area contributed by atoms with Gasteiger partial charge in [-0.1, -0.05) is 18.2 Å². The molecule has 0 bridgehead atoms. The van der Waals surface area contributed by atoms with Gasteiger partial charge in [0.25, 0.3) is 0 Å². The first-order chi connectivity index (χ1) is 11.5. The minimum absolute atomic E-state index is 0.0731. The smallest absolute Gasteiger partial charge is 0.318 e. The normalized spacial score (nSPS) is 21.7. The molecule has 5 nitrogen and oxygen atoms in total. The Balaban J connectivity index is 1.53. The van der Waals surface area contributed by atoms with E-state index in [-0.39, 0.29) is 17.8 Å². The number of fused-ring (bicyclic) bond motifs is 2. The second-order valence-electron chi connectivity index (χ2n) is 6.19. The summed E-state index contributed by atoms with van der Waals surface area (Å²) < 4.78 is 24.4. The van der Waals surface area contributed by atoms with E-state index in [1.54, 1.807) is 34.4 Å². The molecule has 4 rings (SSSR count). The molecule has 0 unspecified atom stereocenters. The molecule has 2 aromatic rings. The molecule has 7 heteroatoms. The summed E-state index contributed by atoms with van der Waals surface area (Å²) in [6, 6.07) is 8.67. The largest absolute Gasteiger partial charge is 0.331 e. The van der Waals surface area contributed by atoms with Gasteiger partial charge in [-0.2, -0.15) is 0 Å². The maximum atomic E-state index is 12.6. The number of amides is 2. The summed E-state index contributed by atoms with van der Waals surface area (Å²) >= 11 is 1.74. The van der Waals surface area contributed by atoms with Gasteiger partial charge in [0.1, 0.15) is 0 Å². The van der Waals surface area contributed by atoms with Crippen molar-refractivity contribution in [2.45, 2.75) is 30.3 Å². The zero-order valence-electron chi connectivity index (χ0n) is 13.1. The Morgan fingerprint density at radius 1 is 1.25 bits per heavy atom. The van der Waals surface area contributed by atoms with Crippen molar-refractivity contribution in [3.8, 4) is 0 Å². The van der Waals surface area contributed by atoms with E-state index in [0.717, 1.165) is 6.42 Å². The van der Waals surface area contributed by atoms with E-state index in [1.807, 2.05) is 6.07 Å². The molecule has 0 fully saturated rings. The maximum Gasteiger partial charge on any atom is 0.318 e. The van der Waals surface area contributed by atoms with Crippen molar-refractivity contribution in [2.75, 3.05) is 12.3 Å². The van der Waals surface area contributed by atoms with E-state index < -0.39 is 9.84 Å². The lowest BCUT2D eigenvalue weighted by Crippen LogP contribution is -2.45. The van der Waals surface area contributed by atoms with Crippen LogP contribution in [-0.4, -0.2) is 31.6 Å².